The average Bonchev–Trinajstić information content (AvgIpc) is 3.64. The number of pyridine rings is 1. The number of benzene rings is 2. The van der Waals surface area contributed by atoms with E-state index >= 15 is 0 Å². The minimum atomic E-state index is -0.878. The second-order valence-corrected chi connectivity index (χ2v) is 11.3. The minimum absolute atomic E-state index is 0.0240. The van der Waals surface area contributed by atoms with Crippen LogP contribution < -0.4 is 4.90 Å². The number of amides is 1. The molecule has 1 N–H and O–H groups in total. The molecule has 6 rings (SSSR count). The van der Waals surface area contributed by atoms with Crippen LogP contribution in [0.3, 0.4) is 0 Å². The number of imidazole rings is 1. The van der Waals surface area contributed by atoms with Gasteiger partial charge < -0.3 is 9.51 Å². The zero-order chi connectivity index (χ0) is 27.1. The van der Waals surface area contributed by atoms with Crippen LogP contribution in [0.15, 0.2) is 88.9 Å². The van der Waals surface area contributed by atoms with Crippen LogP contribution in [0.25, 0.3) is 11.4 Å². The lowest BCUT2D eigenvalue weighted by Crippen LogP contribution is -2.29. The van der Waals surface area contributed by atoms with Gasteiger partial charge in [-0.15, -0.1) is 10.2 Å². The van der Waals surface area contributed by atoms with Crippen molar-refractivity contribution >= 4 is 51.3 Å². The Morgan fingerprint density at radius 1 is 0.974 bits per heavy atom. The average molecular weight is 554 g/mol. The molecule has 8 nitrogen and oxygen atoms in total. The fourth-order valence-corrected chi connectivity index (χ4v) is 6.56. The Bertz CT molecular complexity index is 1740. The van der Waals surface area contributed by atoms with E-state index in [0.717, 1.165) is 11.1 Å². The Labute approximate surface area is 232 Å². The van der Waals surface area contributed by atoms with Crippen molar-refractivity contribution in [3.63, 3.8) is 0 Å². The molecule has 5 aromatic rings. The van der Waals surface area contributed by atoms with E-state index in [-0.39, 0.29) is 17.0 Å². The smallest absolute Gasteiger partial charge is 0.301 e. The van der Waals surface area contributed by atoms with Crippen molar-refractivity contribution in [1.29, 1.82) is 0 Å². The monoisotopic (exact) mass is 553 g/mol. The van der Waals surface area contributed by atoms with Gasteiger partial charge in [-0.05, 0) is 36.6 Å². The highest BCUT2D eigenvalue weighted by molar-refractivity contribution is 8.00. The van der Waals surface area contributed by atoms with Gasteiger partial charge >= 0.3 is 5.91 Å². The molecule has 1 aliphatic heterocycles. The summed E-state index contributed by atoms with van der Waals surface area (Å²) in [5.74, 6) is -1.17. The number of Topliss-reactive ketones (excluding diaryl/α,β-unsaturated/α-hetero) is 1. The van der Waals surface area contributed by atoms with Crippen LogP contribution >= 0.6 is 23.1 Å². The molecule has 4 heterocycles. The van der Waals surface area contributed by atoms with E-state index < -0.39 is 17.7 Å². The quantitative estimate of drug-likeness (QED) is 0.0943. The van der Waals surface area contributed by atoms with Gasteiger partial charge in [-0.1, -0.05) is 89.8 Å². The van der Waals surface area contributed by atoms with E-state index in [1.807, 2.05) is 97.2 Å². The molecular weight excluding hydrogens is 530 g/mol. The molecule has 1 amide bonds. The Morgan fingerprint density at radius 2 is 1.69 bits per heavy atom. The fraction of sp³-hybridized carbons (Fsp3) is 0.138. The summed E-state index contributed by atoms with van der Waals surface area (Å²) in [6.07, 6.45) is 1.85. The summed E-state index contributed by atoms with van der Waals surface area (Å²) in [5.41, 5.74) is 4.32. The number of aliphatic hydroxyl groups is 1. The number of aryl methyl sites for hydroxylation is 2. The van der Waals surface area contributed by atoms with E-state index in [1.54, 1.807) is 0 Å². The lowest BCUT2D eigenvalue weighted by atomic mass is 9.96. The van der Waals surface area contributed by atoms with Crippen molar-refractivity contribution in [2.75, 3.05) is 4.90 Å². The first-order valence-corrected chi connectivity index (χ1v) is 14.0. The molecular formula is C29H23N5O3S2. The number of carbonyl (C=O) groups excluding carboxylic acids is 2. The van der Waals surface area contributed by atoms with E-state index in [4.69, 9.17) is 0 Å². The standard InChI is InChI=1S/C29H23N5O3S2/c1-17-10-9-15-33-18(2)22(30-26(17)33)24(35)21-23(20-13-7-4-8-14-20)34(27(37)25(21)36)28-31-32-29(39-28)38-16-19-11-5-3-6-12-19/h3-15,23,35H,16H2,1-2H3. The minimum Gasteiger partial charge on any atom is -0.505 e. The Hall–Kier alpha value is -4.28. The molecule has 0 aliphatic carbocycles. The normalized spacial score (nSPS) is 16.9. The van der Waals surface area contributed by atoms with E-state index in [0.29, 0.717) is 32.1 Å². The Balaban J connectivity index is 1.44. The Morgan fingerprint density at radius 3 is 2.41 bits per heavy atom. The molecule has 194 valence electrons. The van der Waals surface area contributed by atoms with Crippen molar-refractivity contribution < 1.29 is 14.7 Å². The van der Waals surface area contributed by atoms with Gasteiger partial charge in [0, 0.05) is 11.9 Å². The van der Waals surface area contributed by atoms with Gasteiger partial charge in [-0.3, -0.25) is 14.5 Å². The first-order chi connectivity index (χ1) is 18.9. The molecule has 3 aromatic heterocycles. The molecule has 1 unspecified atom stereocenters. The third-order valence-electron chi connectivity index (χ3n) is 6.68. The highest BCUT2D eigenvalue weighted by atomic mass is 32.2. The zero-order valence-electron chi connectivity index (χ0n) is 21.1. The number of hydrogen-bond donors (Lipinski definition) is 1. The van der Waals surface area contributed by atoms with Crippen molar-refractivity contribution in [2.45, 2.75) is 30.0 Å². The summed E-state index contributed by atoms with van der Waals surface area (Å²) in [6.45, 7) is 3.75. The summed E-state index contributed by atoms with van der Waals surface area (Å²) in [5, 5.41) is 20.4. The van der Waals surface area contributed by atoms with Crippen molar-refractivity contribution in [3.8, 4) is 0 Å². The van der Waals surface area contributed by atoms with Crippen molar-refractivity contribution in [1.82, 2.24) is 19.6 Å². The van der Waals surface area contributed by atoms with Gasteiger partial charge in [0.2, 0.25) is 5.13 Å². The number of aliphatic hydroxyl groups excluding tert-OH is 1. The second kappa shape index (κ2) is 10.1. The first kappa shape index (κ1) is 25.0. The van der Waals surface area contributed by atoms with Crippen LogP contribution in [0, 0.1) is 13.8 Å². The van der Waals surface area contributed by atoms with E-state index in [2.05, 4.69) is 15.2 Å². The summed E-state index contributed by atoms with van der Waals surface area (Å²) >= 11 is 2.75. The van der Waals surface area contributed by atoms with Crippen LogP contribution in [-0.4, -0.2) is 36.4 Å². The van der Waals surface area contributed by atoms with Crippen LogP contribution in [-0.2, 0) is 15.3 Å². The number of nitrogens with zero attached hydrogens (tertiary/aromatic N) is 5. The van der Waals surface area contributed by atoms with Gasteiger partial charge in [-0.25, -0.2) is 4.98 Å². The highest BCUT2D eigenvalue weighted by Gasteiger charge is 2.48. The summed E-state index contributed by atoms with van der Waals surface area (Å²) in [4.78, 5) is 33.0. The fourth-order valence-electron chi connectivity index (χ4n) is 4.73. The molecule has 39 heavy (non-hydrogen) atoms. The zero-order valence-corrected chi connectivity index (χ0v) is 22.7. The number of ketones is 1. The number of thioether (sulfide) groups is 1. The predicted molar refractivity (Wildman–Crippen MR) is 152 cm³/mol. The van der Waals surface area contributed by atoms with Gasteiger partial charge in [0.25, 0.3) is 5.78 Å². The molecule has 1 saturated heterocycles. The maximum absolute atomic E-state index is 13.5. The van der Waals surface area contributed by atoms with Gasteiger partial charge in [0.15, 0.2) is 10.1 Å². The Kier molecular flexibility index (Phi) is 6.49. The number of fused-ring (bicyclic) bond motifs is 1. The lowest BCUT2D eigenvalue weighted by Gasteiger charge is -2.22. The summed E-state index contributed by atoms with van der Waals surface area (Å²) in [6, 6.07) is 22.1. The predicted octanol–water partition coefficient (Wildman–Crippen LogP) is 5.72. The number of hydrogen-bond acceptors (Lipinski definition) is 8. The van der Waals surface area contributed by atoms with Crippen LogP contribution in [0.4, 0.5) is 5.13 Å². The topological polar surface area (TPSA) is 101 Å². The maximum atomic E-state index is 13.5. The molecule has 0 saturated carbocycles. The van der Waals surface area contributed by atoms with Crippen LogP contribution in [0.1, 0.15) is 34.1 Å². The highest BCUT2D eigenvalue weighted by Crippen LogP contribution is 2.44. The molecule has 1 atom stereocenters. The number of aromatic nitrogens is 4. The number of carbonyl (C=O) groups is 2. The molecule has 1 fully saturated rings. The van der Waals surface area contributed by atoms with E-state index in [1.165, 1.54) is 28.0 Å². The lowest BCUT2D eigenvalue weighted by molar-refractivity contribution is -0.132. The summed E-state index contributed by atoms with van der Waals surface area (Å²) < 4.78 is 2.54. The van der Waals surface area contributed by atoms with Gasteiger partial charge in [0.05, 0.1) is 17.3 Å². The molecule has 1 aliphatic rings. The SMILES string of the molecule is Cc1cccn2c(C)c(C(O)=C3C(=O)C(=O)N(c4nnc(SCc5ccccc5)s4)C3c3ccccc3)nc12. The third kappa shape index (κ3) is 4.41. The number of anilines is 1. The van der Waals surface area contributed by atoms with E-state index in [9.17, 15) is 14.7 Å². The molecule has 10 heteroatoms. The van der Waals surface area contributed by atoms with Gasteiger partial charge in [0.1, 0.15) is 11.3 Å². The first-order valence-electron chi connectivity index (χ1n) is 12.2. The van der Waals surface area contributed by atoms with Crippen molar-refractivity contribution in [3.05, 3.63) is 113 Å². The van der Waals surface area contributed by atoms with Crippen molar-refractivity contribution in [2.24, 2.45) is 0 Å². The molecule has 2 aromatic carbocycles. The number of rotatable bonds is 6. The molecule has 0 bridgehead atoms. The molecule has 0 radical (unpaired) electrons. The largest absolute Gasteiger partial charge is 0.505 e. The van der Waals surface area contributed by atoms with Gasteiger partial charge in [-0.2, -0.15) is 0 Å². The second-order valence-electron chi connectivity index (χ2n) is 9.14. The van der Waals surface area contributed by atoms with Crippen LogP contribution in [0.5, 0.6) is 0 Å². The molecule has 0 spiro atoms. The summed E-state index contributed by atoms with van der Waals surface area (Å²) in [7, 11) is 0. The van der Waals surface area contributed by atoms with Crippen LogP contribution in [0.2, 0.25) is 0 Å². The third-order valence-corrected chi connectivity index (χ3v) is 8.80. The maximum Gasteiger partial charge on any atom is 0.301 e.